The van der Waals surface area contributed by atoms with Crippen LogP contribution in [0.15, 0.2) is 61.1 Å². The molecule has 152 valence electrons. The van der Waals surface area contributed by atoms with Gasteiger partial charge in [-0.2, -0.15) is 0 Å². The van der Waals surface area contributed by atoms with Crippen molar-refractivity contribution in [2.45, 2.75) is 25.8 Å². The second-order valence-electron chi connectivity index (χ2n) is 7.04. The van der Waals surface area contributed by atoms with Gasteiger partial charge in [-0.3, -0.25) is 9.78 Å². The van der Waals surface area contributed by atoms with Gasteiger partial charge in [-0.1, -0.05) is 13.0 Å². The van der Waals surface area contributed by atoms with Gasteiger partial charge in [0.15, 0.2) is 17.3 Å². The van der Waals surface area contributed by atoms with Crippen LogP contribution in [0.4, 0.5) is 14.5 Å². The van der Waals surface area contributed by atoms with Crippen LogP contribution in [0.2, 0.25) is 0 Å². The third kappa shape index (κ3) is 4.17. The van der Waals surface area contributed by atoms with Gasteiger partial charge >= 0.3 is 0 Å². The second-order valence-corrected chi connectivity index (χ2v) is 7.04. The Morgan fingerprint density at radius 1 is 1.10 bits per heavy atom. The van der Waals surface area contributed by atoms with Crippen molar-refractivity contribution in [1.82, 2.24) is 19.5 Å². The van der Waals surface area contributed by atoms with Gasteiger partial charge in [0.05, 0.1) is 6.54 Å². The van der Waals surface area contributed by atoms with E-state index in [9.17, 15) is 13.6 Å². The molecule has 1 aromatic carbocycles. The van der Waals surface area contributed by atoms with Crippen molar-refractivity contribution in [2.75, 3.05) is 5.32 Å². The summed E-state index contributed by atoms with van der Waals surface area (Å²) in [5, 5.41) is 2.84. The van der Waals surface area contributed by atoms with Crippen LogP contribution in [0, 0.1) is 11.6 Å². The quantitative estimate of drug-likeness (QED) is 0.518. The number of hydrogen-bond acceptors (Lipinski definition) is 4. The molecule has 0 bridgehead atoms. The molecule has 3 heterocycles. The molecule has 30 heavy (non-hydrogen) atoms. The Morgan fingerprint density at radius 3 is 2.67 bits per heavy atom. The lowest BCUT2D eigenvalue weighted by molar-refractivity contribution is -0.116. The van der Waals surface area contributed by atoms with Gasteiger partial charge in [0.2, 0.25) is 5.91 Å². The highest BCUT2D eigenvalue weighted by Gasteiger charge is 2.20. The number of imidazole rings is 1. The molecule has 4 rings (SSSR count). The van der Waals surface area contributed by atoms with E-state index in [1.54, 1.807) is 36.8 Å². The number of amides is 1. The van der Waals surface area contributed by atoms with Crippen LogP contribution in [-0.2, 0) is 11.3 Å². The summed E-state index contributed by atoms with van der Waals surface area (Å²) in [6.45, 7) is 2.16. The first-order chi connectivity index (χ1) is 14.5. The molecular formula is C22H19F2N5O. The van der Waals surface area contributed by atoms with Crippen LogP contribution in [0.1, 0.15) is 30.7 Å². The highest BCUT2D eigenvalue weighted by molar-refractivity contribution is 5.91. The lowest BCUT2D eigenvalue weighted by Gasteiger charge is -2.15. The van der Waals surface area contributed by atoms with E-state index in [0.29, 0.717) is 28.2 Å². The van der Waals surface area contributed by atoms with E-state index in [0.717, 1.165) is 12.1 Å². The molecule has 0 saturated heterocycles. The van der Waals surface area contributed by atoms with Gasteiger partial charge < -0.3 is 9.88 Å². The summed E-state index contributed by atoms with van der Waals surface area (Å²) in [4.78, 5) is 25.5. The number of nitrogens with zero attached hydrogens (tertiary/aromatic N) is 4. The number of halogens is 2. The lowest BCUT2D eigenvalue weighted by Crippen LogP contribution is -2.17. The SMILES string of the molecule is CC(CC(=O)Nc1ccncc1)c1nc2cccnc2n1Cc1ccc(F)c(F)c1. The number of benzene rings is 1. The topological polar surface area (TPSA) is 72.7 Å². The molecule has 0 aliphatic rings. The number of fused-ring (bicyclic) bond motifs is 1. The van der Waals surface area contributed by atoms with Gasteiger partial charge in [-0.05, 0) is 42.0 Å². The molecule has 6 nitrogen and oxygen atoms in total. The Morgan fingerprint density at radius 2 is 1.90 bits per heavy atom. The molecule has 3 aromatic heterocycles. The fourth-order valence-electron chi connectivity index (χ4n) is 3.35. The van der Waals surface area contributed by atoms with Gasteiger partial charge in [-0.25, -0.2) is 18.7 Å². The highest BCUT2D eigenvalue weighted by Crippen LogP contribution is 2.25. The fraction of sp³-hybridized carbons (Fsp3) is 0.182. The predicted molar refractivity (Wildman–Crippen MR) is 109 cm³/mol. The average Bonchev–Trinajstić information content (AvgIpc) is 3.10. The molecule has 8 heteroatoms. The van der Waals surface area contributed by atoms with Crippen LogP contribution in [-0.4, -0.2) is 25.4 Å². The molecule has 0 saturated carbocycles. The molecule has 1 amide bonds. The zero-order chi connectivity index (χ0) is 21.1. The molecule has 4 aromatic rings. The number of rotatable bonds is 6. The summed E-state index contributed by atoms with van der Waals surface area (Å²) >= 11 is 0. The summed E-state index contributed by atoms with van der Waals surface area (Å²) in [5.41, 5.74) is 2.54. The van der Waals surface area contributed by atoms with E-state index in [1.807, 2.05) is 17.6 Å². The summed E-state index contributed by atoms with van der Waals surface area (Å²) in [6, 6.07) is 10.8. The summed E-state index contributed by atoms with van der Waals surface area (Å²) in [5.74, 6) is -1.54. The molecule has 1 N–H and O–H groups in total. The van der Waals surface area contributed by atoms with E-state index in [1.165, 1.54) is 6.07 Å². The normalized spacial score (nSPS) is 12.1. The smallest absolute Gasteiger partial charge is 0.225 e. The molecule has 1 atom stereocenters. The van der Waals surface area contributed by atoms with Crippen molar-refractivity contribution < 1.29 is 13.6 Å². The first kappa shape index (κ1) is 19.6. The number of pyridine rings is 2. The van der Waals surface area contributed by atoms with E-state index >= 15 is 0 Å². The van der Waals surface area contributed by atoms with Crippen molar-refractivity contribution in [3.05, 3.63) is 84.1 Å². The van der Waals surface area contributed by atoms with Crippen molar-refractivity contribution in [3.63, 3.8) is 0 Å². The van der Waals surface area contributed by atoms with E-state index in [2.05, 4.69) is 20.3 Å². The molecule has 1 unspecified atom stereocenters. The Balaban J connectivity index is 1.61. The number of nitrogens with one attached hydrogen (secondary N) is 1. The number of hydrogen-bond donors (Lipinski definition) is 1. The molecule has 0 fully saturated rings. The van der Waals surface area contributed by atoms with Crippen LogP contribution in [0.25, 0.3) is 11.2 Å². The standard InChI is InChI=1S/C22H19F2N5O/c1-14(11-20(30)27-16-6-9-25-10-7-16)21-28-19-3-2-8-26-22(19)29(21)13-15-4-5-17(23)18(24)12-15/h2-10,12,14H,11,13H2,1H3,(H,25,27,30). The Hall–Kier alpha value is -3.68. The van der Waals surface area contributed by atoms with Crippen LogP contribution in [0.3, 0.4) is 0 Å². The van der Waals surface area contributed by atoms with Gasteiger partial charge in [0.1, 0.15) is 11.3 Å². The number of aromatic nitrogens is 4. The van der Waals surface area contributed by atoms with Crippen LogP contribution in [0.5, 0.6) is 0 Å². The van der Waals surface area contributed by atoms with Crippen LogP contribution < -0.4 is 5.32 Å². The largest absolute Gasteiger partial charge is 0.326 e. The van der Waals surface area contributed by atoms with Crippen LogP contribution >= 0.6 is 0 Å². The maximum absolute atomic E-state index is 13.7. The lowest BCUT2D eigenvalue weighted by atomic mass is 10.1. The summed E-state index contributed by atoms with van der Waals surface area (Å²) < 4.78 is 28.8. The van der Waals surface area contributed by atoms with Crippen molar-refractivity contribution in [1.29, 1.82) is 0 Å². The van der Waals surface area contributed by atoms with Gasteiger partial charge in [0.25, 0.3) is 0 Å². The molecule has 0 aliphatic carbocycles. The van der Waals surface area contributed by atoms with E-state index in [-0.39, 0.29) is 24.8 Å². The van der Waals surface area contributed by atoms with Gasteiger partial charge in [-0.15, -0.1) is 0 Å². The first-order valence-electron chi connectivity index (χ1n) is 9.46. The molecule has 0 aliphatic heterocycles. The predicted octanol–water partition coefficient (Wildman–Crippen LogP) is 4.29. The summed E-state index contributed by atoms with van der Waals surface area (Å²) in [6.07, 6.45) is 5.05. The maximum atomic E-state index is 13.7. The van der Waals surface area contributed by atoms with E-state index < -0.39 is 11.6 Å². The maximum Gasteiger partial charge on any atom is 0.225 e. The third-order valence-corrected chi connectivity index (χ3v) is 4.75. The van der Waals surface area contributed by atoms with Crippen molar-refractivity contribution >= 4 is 22.8 Å². The highest BCUT2D eigenvalue weighted by atomic mass is 19.2. The molecular weight excluding hydrogens is 388 g/mol. The van der Waals surface area contributed by atoms with Crippen molar-refractivity contribution in [2.24, 2.45) is 0 Å². The fourth-order valence-corrected chi connectivity index (χ4v) is 3.35. The monoisotopic (exact) mass is 407 g/mol. The zero-order valence-corrected chi connectivity index (χ0v) is 16.2. The Labute approximate surface area is 171 Å². The summed E-state index contributed by atoms with van der Waals surface area (Å²) in [7, 11) is 0. The first-order valence-corrected chi connectivity index (χ1v) is 9.46. The number of carbonyl (C=O) groups excluding carboxylic acids is 1. The number of carbonyl (C=O) groups is 1. The third-order valence-electron chi connectivity index (χ3n) is 4.75. The second kappa shape index (κ2) is 8.36. The average molecular weight is 407 g/mol. The number of anilines is 1. The van der Waals surface area contributed by atoms with E-state index in [4.69, 9.17) is 0 Å². The molecule has 0 spiro atoms. The minimum absolute atomic E-state index is 0.159. The Bertz CT molecular complexity index is 1190. The van der Waals surface area contributed by atoms with Gasteiger partial charge in [0, 0.05) is 36.6 Å². The minimum atomic E-state index is -0.906. The zero-order valence-electron chi connectivity index (χ0n) is 16.2. The Kier molecular flexibility index (Phi) is 5.47. The van der Waals surface area contributed by atoms with Crippen molar-refractivity contribution in [3.8, 4) is 0 Å². The minimum Gasteiger partial charge on any atom is -0.326 e. The molecule has 0 radical (unpaired) electrons.